The number of amides is 1. The van der Waals surface area contributed by atoms with Gasteiger partial charge in [-0.25, -0.2) is 0 Å². The Morgan fingerprint density at radius 2 is 2.26 bits per heavy atom. The van der Waals surface area contributed by atoms with Gasteiger partial charge in [0, 0.05) is 23.1 Å². The molecule has 1 heterocycles. The van der Waals surface area contributed by atoms with Crippen LogP contribution in [-0.4, -0.2) is 36.2 Å². The number of β-amino-alcohol motifs (C(OH)–C–C–N with tert-alkyl or cyclic N) is 1. The fraction of sp³-hybridized carbons (Fsp3) is 0.462. The lowest BCUT2D eigenvalue weighted by atomic mass is 10.1. The van der Waals surface area contributed by atoms with Gasteiger partial charge in [-0.15, -0.1) is 0 Å². The molecule has 104 valence electrons. The fourth-order valence-corrected chi connectivity index (χ4v) is 2.59. The molecule has 4 nitrogen and oxygen atoms in total. The van der Waals surface area contributed by atoms with Crippen LogP contribution in [0, 0.1) is 0 Å². The van der Waals surface area contributed by atoms with Gasteiger partial charge in [-0.2, -0.15) is 0 Å². The maximum absolute atomic E-state index is 11.8. The van der Waals surface area contributed by atoms with Crippen molar-refractivity contribution in [3.8, 4) is 0 Å². The molecule has 0 aromatic heterocycles. The van der Waals surface area contributed by atoms with Crippen LogP contribution in [0.25, 0.3) is 0 Å². The highest BCUT2D eigenvalue weighted by Crippen LogP contribution is 2.21. The highest BCUT2D eigenvalue weighted by Gasteiger charge is 2.27. The summed E-state index contributed by atoms with van der Waals surface area (Å²) in [4.78, 5) is 11.8. The Morgan fingerprint density at radius 1 is 1.47 bits per heavy atom. The molecular formula is C13H16Cl2N2O2. The number of aliphatic hydroxyl groups is 1. The number of rotatable bonds is 4. The average Bonchev–Trinajstić information content (AvgIpc) is 2.78. The van der Waals surface area contributed by atoms with Gasteiger partial charge in [0.05, 0.1) is 12.1 Å². The quantitative estimate of drug-likeness (QED) is 0.787. The van der Waals surface area contributed by atoms with E-state index in [1.807, 2.05) is 6.07 Å². The number of nitrogens with one attached hydrogen (secondary N) is 2. The van der Waals surface area contributed by atoms with Crippen LogP contribution in [0.2, 0.25) is 10.0 Å². The molecule has 19 heavy (non-hydrogen) atoms. The highest BCUT2D eigenvalue weighted by molar-refractivity contribution is 6.35. The third-order valence-electron chi connectivity index (χ3n) is 3.13. The number of carbonyl (C=O) groups excluding carboxylic acids is 1. The Bertz CT molecular complexity index is 468. The normalized spacial score (nSPS) is 22.5. The van der Waals surface area contributed by atoms with E-state index in [0.29, 0.717) is 36.0 Å². The first-order valence-electron chi connectivity index (χ1n) is 6.19. The van der Waals surface area contributed by atoms with E-state index in [1.165, 1.54) is 0 Å². The smallest absolute Gasteiger partial charge is 0.237 e. The molecule has 0 unspecified atom stereocenters. The lowest BCUT2D eigenvalue weighted by Gasteiger charge is -2.11. The number of benzene rings is 1. The number of aliphatic hydroxyl groups excluding tert-OH is 1. The van der Waals surface area contributed by atoms with Crippen LogP contribution in [0.5, 0.6) is 0 Å². The predicted octanol–water partition coefficient (Wildman–Crippen LogP) is 1.37. The summed E-state index contributed by atoms with van der Waals surface area (Å²) in [6.07, 6.45) is 0.686. The van der Waals surface area contributed by atoms with E-state index >= 15 is 0 Å². The van der Waals surface area contributed by atoms with Crippen molar-refractivity contribution in [3.63, 3.8) is 0 Å². The van der Waals surface area contributed by atoms with Crippen molar-refractivity contribution in [1.82, 2.24) is 10.6 Å². The van der Waals surface area contributed by atoms with Gasteiger partial charge in [-0.3, -0.25) is 4.79 Å². The summed E-state index contributed by atoms with van der Waals surface area (Å²) in [5.41, 5.74) is 0.950. The zero-order valence-corrected chi connectivity index (χ0v) is 11.8. The fourth-order valence-electron chi connectivity index (χ4n) is 2.08. The third-order valence-corrected chi connectivity index (χ3v) is 3.72. The van der Waals surface area contributed by atoms with Crippen LogP contribution < -0.4 is 10.6 Å². The zero-order chi connectivity index (χ0) is 13.8. The van der Waals surface area contributed by atoms with Crippen molar-refractivity contribution in [2.75, 3.05) is 13.1 Å². The molecule has 1 saturated heterocycles. The van der Waals surface area contributed by atoms with E-state index in [1.54, 1.807) is 12.1 Å². The summed E-state index contributed by atoms with van der Waals surface area (Å²) in [6.45, 7) is 0.982. The molecule has 1 aliphatic heterocycles. The molecule has 2 rings (SSSR count). The molecule has 0 spiro atoms. The minimum atomic E-state index is -0.429. The summed E-state index contributed by atoms with van der Waals surface area (Å²) in [5, 5.41) is 16.3. The topological polar surface area (TPSA) is 61.4 Å². The minimum Gasteiger partial charge on any atom is -0.392 e. The average molecular weight is 303 g/mol. The van der Waals surface area contributed by atoms with Gasteiger partial charge in [-0.1, -0.05) is 29.3 Å². The molecule has 0 bridgehead atoms. The molecule has 0 aliphatic carbocycles. The van der Waals surface area contributed by atoms with Gasteiger partial charge in [0.25, 0.3) is 0 Å². The monoisotopic (exact) mass is 302 g/mol. The summed E-state index contributed by atoms with van der Waals surface area (Å²) < 4.78 is 0. The van der Waals surface area contributed by atoms with Crippen molar-refractivity contribution >= 4 is 29.1 Å². The van der Waals surface area contributed by atoms with Gasteiger partial charge >= 0.3 is 0 Å². The molecule has 1 aromatic rings. The Morgan fingerprint density at radius 3 is 2.89 bits per heavy atom. The van der Waals surface area contributed by atoms with Gasteiger partial charge < -0.3 is 15.7 Å². The molecule has 1 aliphatic rings. The summed E-state index contributed by atoms with van der Waals surface area (Å²) in [5.74, 6) is -0.0818. The highest BCUT2D eigenvalue weighted by atomic mass is 35.5. The van der Waals surface area contributed by atoms with Crippen molar-refractivity contribution < 1.29 is 9.90 Å². The number of carbonyl (C=O) groups is 1. The lowest BCUT2D eigenvalue weighted by molar-refractivity contribution is -0.122. The van der Waals surface area contributed by atoms with E-state index < -0.39 is 6.10 Å². The number of hydrogen-bond donors (Lipinski definition) is 3. The molecule has 1 fully saturated rings. The van der Waals surface area contributed by atoms with E-state index in [0.717, 1.165) is 5.56 Å². The maximum Gasteiger partial charge on any atom is 0.237 e. The predicted molar refractivity (Wildman–Crippen MR) is 75.6 cm³/mol. The van der Waals surface area contributed by atoms with Crippen molar-refractivity contribution in [3.05, 3.63) is 33.8 Å². The second kappa shape index (κ2) is 6.57. The Kier molecular flexibility index (Phi) is 5.05. The Labute approximate surface area is 122 Å². The second-order valence-corrected chi connectivity index (χ2v) is 5.47. The molecule has 6 heteroatoms. The molecule has 0 saturated carbocycles. The summed E-state index contributed by atoms with van der Waals surface area (Å²) in [6, 6.07) is 5.03. The molecule has 3 N–H and O–H groups in total. The Balaban J connectivity index is 1.78. The van der Waals surface area contributed by atoms with Crippen LogP contribution in [0.15, 0.2) is 18.2 Å². The van der Waals surface area contributed by atoms with E-state index in [4.69, 9.17) is 23.2 Å². The minimum absolute atomic E-state index is 0.0818. The molecule has 1 aromatic carbocycles. The lowest BCUT2D eigenvalue weighted by Crippen LogP contribution is -2.41. The third kappa shape index (κ3) is 4.08. The van der Waals surface area contributed by atoms with Crippen LogP contribution in [0.3, 0.4) is 0 Å². The van der Waals surface area contributed by atoms with Crippen LogP contribution >= 0.6 is 23.2 Å². The standard InChI is InChI=1S/C13H16Cl2N2O2/c14-9-2-1-8(11(15)5-9)3-4-16-13(19)12-6-10(18)7-17-12/h1-2,5,10,12,17-18H,3-4,6-7H2,(H,16,19)/t10-,12+/m1/s1. The van der Waals surface area contributed by atoms with Crippen molar-refractivity contribution in [1.29, 1.82) is 0 Å². The molecule has 1 amide bonds. The first-order chi connectivity index (χ1) is 9.06. The van der Waals surface area contributed by atoms with Gasteiger partial charge in [0.2, 0.25) is 5.91 Å². The van der Waals surface area contributed by atoms with E-state index in [-0.39, 0.29) is 11.9 Å². The summed E-state index contributed by atoms with van der Waals surface area (Å²) >= 11 is 11.9. The van der Waals surface area contributed by atoms with Gasteiger partial charge in [0.15, 0.2) is 0 Å². The maximum atomic E-state index is 11.8. The van der Waals surface area contributed by atoms with E-state index in [9.17, 15) is 9.90 Å². The largest absolute Gasteiger partial charge is 0.392 e. The van der Waals surface area contributed by atoms with E-state index in [2.05, 4.69) is 10.6 Å². The Hall–Kier alpha value is -0.810. The van der Waals surface area contributed by atoms with Crippen molar-refractivity contribution in [2.24, 2.45) is 0 Å². The van der Waals surface area contributed by atoms with Crippen LogP contribution in [-0.2, 0) is 11.2 Å². The molecule has 2 atom stereocenters. The first-order valence-corrected chi connectivity index (χ1v) is 6.95. The first kappa shape index (κ1) is 14.6. The van der Waals surface area contributed by atoms with Gasteiger partial charge in [-0.05, 0) is 30.5 Å². The van der Waals surface area contributed by atoms with Crippen molar-refractivity contribution in [2.45, 2.75) is 25.0 Å². The molecule has 0 radical (unpaired) electrons. The second-order valence-electron chi connectivity index (χ2n) is 4.63. The zero-order valence-electron chi connectivity index (χ0n) is 10.3. The SMILES string of the molecule is O=C(NCCc1ccc(Cl)cc1Cl)[C@@H]1C[C@@H](O)CN1. The number of halogens is 2. The van der Waals surface area contributed by atoms with Gasteiger partial charge in [0.1, 0.15) is 0 Å². The summed E-state index contributed by atoms with van der Waals surface area (Å²) in [7, 11) is 0. The van der Waals surface area contributed by atoms with Crippen LogP contribution in [0.4, 0.5) is 0 Å². The molecular weight excluding hydrogens is 287 g/mol. The van der Waals surface area contributed by atoms with Crippen LogP contribution in [0.1, 0.15) is 12.0 Å². The number of hydrogen-bond acceptors (Lipinski definition) is 3.